The highest BCUT2D eigenvalue weighted by molar-refractivity contribution is 14.0. The van der Waals surface area contributed by atoms with E-state index in [1.54, 1.807) is 12.1 Å². The van der Waals surface area contributed by atoms with Crippen molar-refractivity contribution in [3.8, 4) is 0 Å². The van der Waals surface area contributed by atoms with Crippen LogP contribution in [0.3, 0.4) is 0 Å². The highest BCUT2D eigenvalue weighted by atomic mass is 127. The Morgan fingerprint density at radius 2 is 1.80 bits per heavy atom. The summed E-state index contributed by atoms with van der Waals surface area (Å²) in [5.74, 6) is 1.40. The molecule has 1 atom stereocenters. The number of halogens is 1. The molecule has 0 aliphatic carbocycles. The highest BCUT2D eigenvalue weighted by Crippen LogP contribution is 2.13. The lowest BCUT2D eigenvalue weighted by Crippen LogP contribution is -2.51. The molecule has 1 aliphatic rings. The number of morpholine rings is 1. The van der Waals surface area contributed by atoms with E-state index in [1.165, 1.54) is 6.26 Å². The van der Waals surface area contributed by atoms with Crippen molar-refractivity contribution in [2.45, 2.75) is 44.7 Å². The molecule has 1 aromatic carbocycles. The van der Waals surface area contributed by atoms with Crippen molar-refractivity contribution in [3.63, 3.8) is 0 Å². The van der Waals surface area contributed by atoms with Gasteiger partial charge in [0.2, 0.25) is 0 Å². The molecule has 2 N–H and O–H groups in total. The van der Waals surface area contributed by atoms with Gasteiger partial charge in [-0.05, 0) is 37.0 Å². The topological polar surface area (TPSA) is 83.0 Å². The average Bonchev–Trinajstić information content (AvgIpc) is 2.69. The largest absolute Gasteiger partial charge is 0.379 e. The molecule has 1 fully saturated rings. The zero-order valence-electron chi connectivity index (χ0n) is 18.6. The number of guanidine groups is 1. The van der Waals surface area contributed by atoms with Gasteiger partial charge in [0.15, 0.2) is 15.8 Å². The summed E-state index contributed by atoms with van der Waals surface area (Å²) in [6.45, 7) is 12.2. The van der Waals surface area contributed by atoms with Crippen LogP contribution in [0.25, 0.3) is 0 Å². The second-order valence-electron chi connectivity index (χ2n) is 7.92. The van der Waals surface area contributed by atoms with Crippen LogP contribution in [0.15, 0.2) is 34.2 Å². The maximum absolute atomic E-state index is 11.6. The Bertz CT molecular complexity index is 748. The van der Waals surface area contributed by atoms with E-state index in [-0.39, 0.29) is 24.0 Å². The lowest BCUT2D eigenvalue weighted by Gasteiger charge is -2.35. The Balaban J connectivity index is 0.00000450. The average molecular weight is 553 g/mol. The van der Waals surface area contributed by atoms with Crippen LogP contribution in [0, 0.1) is 5.92 Å². The molecule has 2 rings (SSSR count). The van der Waals surface area contributed by atoms with Crippen molar-refractivity contribution in [1.82, 2.24) is 15.5 Å². The lowest BCUT2D eigenvalue weighted by atomic mass is 10.0. The molecule has 1 saturated heterocycles. The Kier molecular flexibility index (Phi) is 12.2. The SMILES string of the molecule is CCNC(=NCc1ccc(S(C)(=O)=O)cc1)NCC(CC(C)C)N1CCOCC1.I. The maximum atomic E-state index is 11.6. The first kappa shape index (κ1) is 27.1. The Hall–Kier alpha value is -0.910. The van der Waals surface area contributed by atoms with Crippen molar-refractivity contribution in [1.29, 1.82) is 0 Å². The minimum atomic E-state index is -3.17. The van der Waals surface area contributed by atoms with Crippen molar-refractivity contribution in [2.24, 2.45) is 10.9 Å². The first-order valence-corrected chi connectivity index (χ1v) is 12.3. The van der Waals surface area contributed by atoms with Crippen LogP contribution in [-0.2, 0) is 21.1 Å². The Morgan fingerprint density at radius 3 is 2.33 bits per heavy atom. The fourth-order valence-corrected chi connectivity index (χ4v) is 4.05. The summed E-state index contributed by atoms with van der Waals surface area (Å²) in [5.41, 5.74) is 0.974. The fourth-order valence-electron chi connectivity index (χ4n) is 3.42. The molecule has 0 spiro atoms. The van der Waals surface area contributed by atoms with Gasteiger partial charge in [-0.25, -0.2) is 13.4 Å². The van der Waals surface area contributed by atoms with Crippen LogP contribution in [0.5, 0.6) is 0 Å². The predicted molar refractivity (Wildman–Crippen MR) is 133 cm³/mol. The van der Waals surface area contributed by atoms with Gasteiger partial charge >= 0.3 is 0 Å². The summed E-state index contributed by atoms with van der Waals surface area (Å²) >= 11 is 0. The number of hydrogen-bond acceptors (Lipinski definition) is 5. The van der Waals surface area contributed by atoms with Gasteiger partial charge in [-0.2, -0.15) is 0 Å². The van der Waals surface area contributed by atoms with Crippen LogP contribution in [-0.4, -0.2) is 71.0 Å². The molecule has 30 heavy (non-hydrogen) atoms. The molecule has 1 unspecified atom stereocenters. The van der Waals surface area contributed by atoms with E-state index in [0.29, 0.717) is 23.4 Å². The van der Waals surface area contributed by atoms with E-state index < -0.39 is 9.84 Å². The van der Waals surface area contributed by atoms with Crippen molar-refractivity contribution in [2.75, 3.05) is 45.6 Å². The van der Waals surface area contributed by atoms with Crippen molar-refractivity contribution in [3.05, 3.63) is 29.8 Å². The predicted octanol–water partition coefficient (Wildman–Crippen LogP) is 2.51. The standard InChI is InChI=1S/C21H36N4O3S.HI/c1-5-22-21(23-15-18-6-8-20(9-7-18)29(4,26)27)24-16-19(14-17(2)3)25-10-12-28-13-11-25;/h6-9,17,19H,5,10-16H2,1-4H3,(H2,22,23,24);1H. The van der Waals surface area contributed by atoms with Gasteiger partial charge in [-0.3, -0.25) is 4.90 Å². The normalized spacial score (nSPS) is 16.8. The Morgan fingerprint density at radius 1 is 1.17 bits per heavy atom. The zero-order chi connectivity index (χ0) is 21.3. The van der Waals surface area contributed by atoms with Crippen molar-refractivity contribution < 1.29 is 13.2 Å². The van der Waals surface area contributed by atoms with E-state index in [1.807, 2.05) is 19.1 Å². The van der Waals surface area contributed by atoms with E-state index >= 15 is 0 Å². The first-order valence-electron chi connectivity index (χ1n) is 10.4. The number of benzene rings is 1. The maximum Gasteiger partial charge on any atom is 0.191 e. The summed E-state index contributed by atoms with van der Waals surface area (Å²) in [5, 5.41) is 6.79. The van der Waals surface area contributed by atoms with Crippen LogP contribution >= 0.6 is 24.0 Å². The van der Waals surface area contributed by atoms with Gasteiger partial charge in [-0.15, -0.1) is 24.0 Å². The second kappa shape index (κ2) is 13.5. The van der Waals surface area contributed by atoms with E-state index in [0.717, 1.165) is 57.3 Å². The molecule has 0 saturated carbocycles. The summed E-state index contributed by atoms with van der Waals surface area (Å²) in [4.78, 5) is 7.51. The molecule has 0 radical (unpaired) electrons. The third-order valence-corrected chi connectivity index (χ3v) is 6.05. The van der Waals surface area contributed by atoms with Crippen LogP contribution < -0.4 is 10.6 Å². The number of nitrogens with one attached hydrogen (secondary N) is 2. The number of hydrogen-bond donors (Lipinski definition) is 2. The molecule has 1 aliphatic heterocycles. The third kappa shape index (κ3) is 9.49. The molecular weight excluding hydrogens is 515 g/mol. The number of rotatable bonds is 9. The molecule has 1 heterocycles. The van der Waals surface area contributed by atoms with Gasteiger partial charge in [-0.1, -0.05) is 26.0 Å². The van der Waals surface area contributed by atoms with E-state index in [4.69, 9.17) is 4.74 Å². The minimum absolute atomic E-state index is 0. The van der Waals surface area contributed by atoms with Gasteiger partial charge < -0.3 is 15.4 Å². The van der Waals surface area contributed by atoms with Gasteiger partial charge in [0.05, 0.1) is 24.7 Å². The van der Waals surface area contributed by atoms with Gasteiger partial charge in [0.25, 0.3) is 0 Å². The number of ether oxygens (including phenoxy) is 1. The number of aliphatic imine (C=N–C) groups is 1. The zero-order valence-corrected chi connectivity index (χ0v) is 21.7. The second-order valence-corrected chi connectivity index (χ2v) is 9.94. The molecule has 9 heteroatoms. The van der Waals surface area contributed by atoms with Crippen LogP contribution in [0.4, 0.5) is 0 Å². The first-order chi connectivity index (χ1) is 13.8. The van der Waals surface area contributed by atoms with E-state index in [9.17, 15) is 8.42 Å². The summed E-state index contributed by atoms with van der Waals surface area (Å²) < 4.78 is 28.7. The highest BCUT2D eigenvalue weighted by Gasteiger charge is 2.22. The lowest BCUT2D eigenvalue weighted by molar-refractivity contribution is 0.0132. The molecule has 7 nitrogen and oxygen atoms in total. The quantitative estimate of drug-likeness (QED) is 0.279. The summed E-state index contributed by atoms with van der Waals surface area (Å²) in [6, 6.07) is 7.35. The summed E-state index contributed by atoms with van der Waals surface area (Å²) in [6.07, 6.45) is 2.34. The third-order valence-electron chi connectivity index (χ3n) is 4.93. The number of sulfone groups is 1. The molecule has 0 amide bonds. The van der Waals surface area contributed by atoms with Gasteiger partial charge in [0, 0.05) is 38.5 Å². The molecule has 0 bridgehead atoms. The fraction of sp³-hybridized carbons (Fsp3) is 0.667. The monoisotopic (exact) mass is 552 g/mol. The Labute approximate surface area is 199 Å². The van der Waals surface area contributed by atoms with Crippen LogP contribution in [0.1, 0.15) is 32.8 Å². The van der Waals surface area contributed by atoms with E-state index in [2.05, 4.69) is 34.4 Å². The molecular formula is C21H37IN4O3S. The minimum Gasteiger partial charge on any atom is -0.379 e. The summed E-state index contributed by atoms with van der Waals surface area (Å²) in [7, 11) is -3.17. The molecule has 0 aromatic heterocycles. The number of nitrogens with zero attached hydrogens (tertiary/aromatic N) is 2. The van der Waals surface area contributed by atoms with Gasteiger partial charge in [0.1, 0.15) is 0 Å². The molecule has 172 valence electrons. The van der Waals surface area contributed by atoms with Crippen molar-refractivity contribution >= 4 is 39.8 Å². The molecule has 1 aromatic rings. The smallest absolute Gasteiger partial charge is 0.191 e. The van der Waals surface area contributed by atoms with Crippen LogP contribution in [0.2, 0.25) is 0 Å².